The van der Waals surface area contributed by atoms with Gasteiger partial charge in [0.05, 0.1) is 11.4 Å². The fraction of sp³-hybridized carbons (Fsp3) is 0.333. The van der Waals surface area contributed by atoms with Crippen molar-refractivity contribution in [2.75, 3.05) is 49.1 Å². The van der Waals surface area contributed by atoms with Crippen molar-refractivity contribution in [2.45, 2.75) is 16.7 Å². The molecule has 1 aliphatic rings. The number of anilines is 3. The number of nitrogens with two attached hydrogens (primary N) is 2. The van der Waals surface area contributed by atoms with Crippen molar-refractivity contribution in [3.63, 3.8) is 0 Å². The monoisotopic (exact) mass is 328 g/mol. The summed E-state index contributed by atoms with van der Waals surface area (Å²) >= 11 is 1.71. The Bertz CT molecular complexity index is 649. The second-order valence-electron chi connectivity index (χ2n) is 5.81. The molecule has 0 aliphatic carbocycles. The fourth-order valence-electron chi connectivity index (χ4n) is 2.80. The first kappa shape index (κ1) is 16.0. The van der Waals surface area contributed by atoms with E-state index in [1.54, 1.807) is 11.8 Å². The van der Waals surface area contributed by atoms with Gasteiger partial charge in [-0.3, -0.25) is 0 Å². The number of hydrogen-bond acceptors (Lipinski definition) is 5. The van der Waals surface area contributed by atoms with Crippen molar-refractivity contribution in [1.82, 2.24) is 4.90 Å². The smallest absolute Gasteiger partial charge is 0.0559 e. The number of rotatable bonds is 4. The van der Waals surface area contributed by atoms with Crippen molar-refractivity contribution in [1.29, 1.82) is 0 Å². The summed E-state index contributed by atoms with van der Waals surface area (Å²) in [5.41, 5.74) is 14.2. The van der Waals surface area contributed by atoms with Crippen LogP contribution < -0.4 is 16.4 Å². The van der Waals surface area contributed by atoms with Gasteiger partial charge in [0.15, 0.2) is 0 Å². The Morgan fingerprint density at radius 2 is 1.52 bits per heavy atom. The van der Waals surface area contributed by atoms with E-state index in [1.807, 2.05) is 18.2 Å². The molecule has 3 rings (SSSR count). The van der Waals surface area contributed by atoms with Crippen LogP contribution in [0.25, 0.3) is 0 Å². The van der Waals surface area contributed by atoms with Gasteiger partial charge in [-0.05, 0) is 49.0 Å². The zero-order chi connectivity index (χ0) is 16.2. The number of likely N-dealkylation sites (N-methyl/N-ethyl adjacent to an activating group) is 1. The second-order valence-corrected chi connectivity index (χ2v) is 6.95. The molecule has 0 atom stereocenters. The number of benzene rings is 2. The molecule has 0 saturated carbocycles. The molecule has 0 radical (unpaired) electrons. The lowest BCUT2D eigenvalue weighted by atomic mass is 10.2. The lowest BCUT2D eigenvalue weighted by Crippen LogP contribution is -2.46. The minimum atomic E-state index is 0.635. The second kappa shape index (κ2) is 7.15. The quantitative estimate of drug-likeness (QED) is 0.845. The van der Waals surface area contributed by atoms with Gasteiger partial charge >= 0.3 is 0 Å². The molecule has 2 aromatic rings. The first-order valence-electron chi connectivity index (χ1n) is 8.06. The third-order valence-corrected chi connectivity index (χ3v) is 5.31. The lowest BCUT2D eigenvalue weighted by Gasteiger charge is -2.35. The van der Waals surface area contributed by atoms with E-state index in [9.17, 15) is 0 Å². The molecular weight excluding hydrogens is 304 g/mol. The standard InChI is InChI=1S/C18H24N4S/c1-2-21-9-11-22(12-10-21)14-3-5-15(6-4-14)23-16-7-8-17(19)18(20)13-16/h3-8,13H,2,9-12,19-20H2,1H3. The molecule has 0 bridgehead atoms. The first-order valence-corrected chi connectivity index (χ1v) is 8.87. The highest BCUT2D eigenvalue weighted by Gasteiger charge is 2.15. The molecule has 4 N–H and O–H groups in total. The third-order valence-electron chi connectivity index (χ3n) is 4.32. The Hall–Kier alpha value is -1.85. The Labute approximate surface area is 142 Å². The van der Waals surface area contributed by atoms with Gasteiger partial charge in [0.1, 0.15) is 0 Å². The van der Waals surface area contributed by atoms with Gasteiger partial charge in [-0.15, -0.1) is 0 Å². The maximum absolute atomic E-state index is 5.87. The molecular formula is C18H24N4S. The maximum atomic E-state index is 5.87. The fourth-order valence-corrected chi connectivity index (χ4v) is 3.67. The minimum Gasteiger partial charge on any atom is -0.397 e. The van der Waals surface area contributed by atoms with Crippen LogP contribution in [0.5, 0.6) is 0 Å². The van der Waals surface area contributed by atoms with Crippen molar-refractivity contribution >= 4 is 28.8 Å². The molecule has 0 amide bonds. The molecule has 23 heavy (non-hydrogen) atoms. The summed E-state index contributed by atoms with van der Waals surface area (Å²) in [7, 11) is 0. The van der Waals surface area contributed by atoms with Gasteiger partial charge in [0.2, 0.25) is 0 Å². The van der Waals surface area contributed by atoms with Crippen LogP contribution in [0.2, 0.25) is 0 Å². The van der Waals surface area contributed by atoms with Crippen LogP contribution in [0.3, 0.4) is 0 Å². The molecule has 4 nitrogen and oxygen atoms in total. The Morgan fingerprint density at radius 3 is 2.13 bits per heavy atom. The molecule has 1 aliphatic heterocycles. The molecule has 0 aromatic heterocycles. The zero-order valence-corrected chi connectivity index (χ0v) is 14.4. The van der Waals surface area contributed by atoms with Gasteiger partial charge in [0, 0.05) is 41.7 Å². The van der Waals surface area contributed by atoms with Gasteiger partial charge in [-0.2, -0.15) is 0 Å². The average Bonchev–Trinajstić information content (AvgIpc) is 2.59. The molecule has 1 fully saturated rings. The predicted octanol–water partition coefficient (Wildman–Crippen LogP) is 3.14. The normalized spacial score (nSPS) is 15.8. The third kappa shape index (κ3) is 3.92. The van der Waals surface area contributed by atoms with E-state index >= 15 is 0 Å². The van der Waals surface area contributed by atoms with Crippen molar-refractivity contribution in [3.05, 3.63) is 42.5 Å². The highest BCUT2D eigenvalue weighted by Crippen LogP contribution is 2.32. The summed E-state index contributed by atoms with van der Waals surface area (Å²) in [6.45, 7) is 7.89. The van der Waals surface area contributed by atoms with Crippen LogP contribution >= 0.6 is 11.8 Å². The highest BCUT2D eigenvalue weighted by atomic mass is 32.2. The number of nitrogens with zero attached hydrogens (tertiary/aromatic N) is 2. The summed E-state index contributed by atoms with van der Waals surface area (Å²) in [6, 6.07) is 14.6. The summed E-state index contributed by atoms with van der Waals surface area (Å²) < 4.78 is 0. The average molecular weight is 328 g/mol. The predicted molar refractivity (Wildman–Crippen MR) is 100 cm³/mol. The summed E-state index contributed by atoms with van der Waals surface area (Å²) in [5, 5.41) is 0. The van der Waals surface area contributed by atoms with Crippen LogP contribution in [0, 0.1) is 0 Å². The van der Waals surface area contributed by atoms with Crippen LogP contribution in [0.15, 0.2) is 52.3 Å². The SMILES string of the molecule is CCN1CCN(c2ccc(Sc3ccc(N)c(N)c3)cc2)CC1. The minimum absolute atomic E-state index is 0.635. The summed E-state index contributed by atoms with van der Waals surface area (Å²) in [4.78, 5) is 7.28. The van der Waals surface area contributed by atoms with Gasteiger partial charge in [-0.25, -0.2) is 0 Å². The molecule has 1 heterocycles. The molecule has 1 saturated heterocycles. The molecule has 0 spiro atoms. The van der Waals surface area contributed by atoms with Gasteiger partial charge in [0.25, 0.3) is 0 Å². The van der Waals surface area contributed by atoms with E-state index in [2.05, 4.69) is 41.0 Å². The maximum Gasteiger partial charge on any atom is 0.0559 e. The van der Waals surface area contributed by atoms with Crippen molar-refractivity contribution < 1.29 is 0 Å². The number of hydrogen-bond donors (Lipinski definition) is 2. The summed E-state index contributed by atoms with van der Waals surface area (Å²) in [6.07, 6.45) is 0. The Kier molecular flexibility index (Phi) is 4.98. The van der Waals surface area contributed by atoms with Gasteiger partial charge in [-0.1, -0.05) is 18.7 Å². The number of piperazine rings is 1. The van der Waals surface area contributed by atoms with E-state index in [1.165, 1.54) is 10.6 Å². The molecule has 0 unspecified atom stereocenters. The zero-order valence-electron chi connectivity index (χ0n) is 13.5. The van der Waals surface area contributed by atoms with E-state index in [4.69, 9.17) is 11.5 Å². The first-order chi connectivity index (χ1) is 11.2. The highest BCUT2D eigenvalue weighted by molar-refractivity contribution is 7.99. The molecule has 5 heteroatoms. The summed E-state index contributed by atoms with van der Waals surface area (Å²) in [5.74, 6) is 0. The van der Waals surface area contributed by atoms with Gasteiger partial charge < -0.3 is 21.3 Å². The van der Waals surface area contributed by atoms with E-state index in [-0.39, 0.29) is 0 Å². The van der Waals surface area contributed by atoms with E-state index < -0.39 is 0 Å². The Balaban J connectivity index is 1.64. The van der Waals surface area contributed by atoms with E-state index in [0.29, 0.717) is 11.4 Å². The largest absolute Gasteiger partial charge is 0.397 e. The van der Waals surface area contributed by atoms with Crippen LogP contribution in [0.1, 0.15) is 6.92 Å². The Morgan fingerprint density at radius 1 is 0.870 bits per heavy atom. The lowest BCUT2D eigenvalue weighted by molar-refractivity contribution is 0.271. The van der Waals surface area contributed by atoms with E-state index in [0.717, 1.165) is 37.6 Å². The van der Waals surface area contributed by atoms with Crippen LogP contribution in [0.4, 0.5) is 17.1 Å². The topological polar surface area (TPSA) is 58.5 Å². The number of nitrogen functional groups attached to an aromatic ring is 2. The van der Waals surface area contributed by atoms with Crippen LogP contribution in [-0.2, 0) is 0 Å². The van der Waals surface area contributed by atoms with Crippen molar-refractivity contribution in [3.8, 4) is 0 Å². The molecule has 122 valence electrons. The van der Waals surface area contributed by atoms with Crippen molar-refractivity contribution in [2.24, 2.45) is 0 Å². The molecule has 2 aromatic carbocycles. The van der Waals surface area contributed by atoms with Crippen LogP contribution in [-0.4, -0.2) is 37.6 Å².